The van der Waals surface area contributed by atoms with Crippen molar-refractivity contribution >= 4 is 0 Å². The highest BCUT2D eigenvalue weighted by molar-refractivity contribution is 5.09. The number of hydrogen-bond donors (Lipinski definition) is 0. The van der Waals surface area contributed by atoms with E-state index in [1.165, 1.54) is 31.8 Å². The average Bonchev–Trinajstić information content (AvgIpc) is 2.29. The molecule has 2 rings (SSSR count). The highest BCUT2D eigenvalue weighted by Crippen LogP contribution is 2.33. The second-order valence-corrected chi connectivity index (χ2v) is 3.94. The van der Waals surface area contributed by atoms with Crippen LogP contribution in [0.4, 0.5) is 0 Å². The lowest BCUT2D eigenvalue weighted by molar-refractivity contribution is 0.0402. The van der Waals surface area contributed by atoms with Crippen LogP contribution in [0.3, 0.4) is 0 Å². The van der Waals surface area contributed by atoms with Crippen LogP contribution in [0.2, 0.25) is 0 Å². The topological polar surface area (TPSA) is 6.48 Å². The molecule has 68 valence electrons. The molecule has 0 aliphatic carbocycles. The first-order valence-electron chi connectivity index (χ1n) is 4.90. The Balaban J connectivity index is 1.98. The van der Waals surface area contributed by atoms with E-state index in [-0.39, 0.29) is 0 Å². The minimum atomic E-state index is 0.794. The summed E-state index contributed by atoms with van der Waals surface area (Å²) >= 11 is 0. The van der Waals surface area contributed by atoms with E-state index in [1.54, 1.807) is 0 Å². The quantitative estimate of drug-likeness (QED) is 0.610. The van der Waals surface area contributed by atoms with E-state index in [2.05, 4.69) is 30.2 Å². The Hall–Kier alpha value is -0.500. The maximum Gasteiger partial charge on any atom is 0.0569 e. The van der Waals surface area contributed by atoms with E-state index >= 15 is 0 Å². The Kier molecular flexibility index (Phi) is 1.87. The van der Waals surface area contributed by atoms with Crippen molar-refractivity contribution in [1.82, 2.24) is 9.80 Å². The molecular weight excluding hydrogens is 148 g/mol. The predicted molar refractivity (Wildman–Crippen MR) is 51.0 cm³/mol. The van der Waals surface area contributed by atoms with Crippen LogP contribution in [-0.2, 0) is 0 Å². The summed E-state index contributed by atoms with van der Waals surface area (Å²) in [6.45, 7) is 12.1. The molecule has 12 heavy (non-hydrogen) atoms. The molecule has 0 aromatic heterocycles. The second-order valence-electron chi connectivity index (χ2n) is 3.94. The average molecular weight is 166 g/mol. The highest BCUT2D eigenvalue weighted by atomic mass is 15.4. The van der Waals surface area contributed by atoms with Gasteiger partial charge in [0.1, 0.15) is 0 Å². The van der Waals surface area contributed by atoms with Gasteiger partial charge in [0.2, 0.25) is 0 Å². The lowest BCUT2D eigenvalue weighted by Gasteiger charge is -2.47. The van der Waals surface area contributed by atoms with Gasteiger partial charge in [0.25, 0.3) is 0 Å². The summed E-state index contributed by atoms with van der Waals surface area (Å²) in [6, 6.07) is 1.63. The van der Waals surface area contributed by atoms with Gasteiger partial charge in [-0.3, -0.25) is 4.90 Å². The third-order valence-electron chi connectivity index (χ3n) is 3.30. The molecule has 0 spiro atoms. The largest absolute Gasteiger partial charge is 0.370 e. The Morgan fingerprint density at radius 3 is 2.83 bits per heavy atom. The van der Waals surface area contributed by atoms with E-state index in [1.807, 2.05) is 0 Å². The van der Waals surface area contributed by atoms with Crippen LogP contribution in [0.5, 0.6) is 0 Å². The molecule has 2 unspecified atom stereocenters. The fourth-order valence-electron chi connectivity index (χ4n) is 2.56. The third-order valence-corrected chi connectivity index (χ3v) is 3.30. The summed E-state index contributed by atoms with van der Waals surface area (Å²) in [7, 11) is 0. The zero-order chi connectivity index (χ0) is 8.72. The monoisotopic (exact) mass is 166 g/mol. The number of rotatable bonds is 2. The molecule has 2 aliphatic heterocycles. The molecule has 0 saturated carbocycles. The Morgan fingerprint density at radius 2 is 2.25 bits per heavy atom. The summed E-state index contributed by atoms with van der Waals surface area (Å²) in [5.74, 6) is 0. The Bertz CT molecular complexity index is 200. The molecule has 2 fully saturated rings. The minimum Gasteiger partial charge on any atom is -0.370 e. The smallest absolute Gasteiger partial charge is 0.0569 e. The number of nitrogens with zero attached hydrogens (tertiary/aromatic N) is 2. The molecular formula is C10H18N2. The zero-order valence-electron chi connectivity index (χ0n) is 8.08. The summed E-state index contributed by atoms with van der Waals surface area (Å²) < 4.78 is 0. The van der Waals surface area contributed by atoms with Gasteiger partial charge < -0.3 is 4.90 Å². The molecule has 0 aromatic rings. The molecule has 2 aliphatic rings. The van der Waals surface area contributed by atoms with E-state index in [0.717, 1.165) is 12.1 Å². The van der Waals surface area contributed by atoms with Gasteiger partial charge in [-0.15, -0.1) is 0 Å². The van der Waals surface area contributed by atoms with Crippen molar-refractivity contribution < 1.29 is 0 Å². The second kappa shape index (κ2) is 2.77. The van der Waals surface area contributed by atoms with Crippen molar-refractivity contribution in [3.63, 3.8) is 0 Å². The van der Waals surface area contributed by atoms with Gasteiger partial charge in [0.05, 0.1) is 6.04 Å². The number of hydrogen-bond acceptors (Lipinski definition) is 2. The maximum atomic E-state index is 4.01. The van der Waals surface area contributed by atoms with Crippen LogP contribution in [0.25, 0.3) is 0 Å². The van der Waals surface area contributed by atoms with Crippen molar-refractivity contribution in [3.05, 3.63) is 12.3 Å². The van der Waals surface area contributed by atoms with Crippen molar-refractivity contribution in [1.29, 1.82) is 0 Å². The Morgan fingerprint density at radius 1 is 1.50 bits per heavy atom. The van der Waals surface area contributed by atoms with Crippen molar-refractivity contribution in [2.75, 3.05) is 19.6 Å². The lowest BCUT2D eigenvalue weighted by atomic mass is 9.97. The first-order valence-corrected chi connectivity index (χ1v) is 4.90. The number of likely N-dealkylation sites (N-methyl/N-ethyl adjacent to an activating group) is 1. The van der Waals surface area contributed by atoms with Gasteiger partial charge in [0.15, 0.2) is 0 Å². The molecule has 2 atom stereocenters. The van der Waals surface area contributed by atoms with E-state index in [4.69, 9.17) is 0 Å². The van der Waals surface area contributed by atoms with Crippen molar-refractivity contribution in [3.8, 4) is 0 Å². The molecule has 0 radical (unpaired) electrons. The Labute approximate surface area is 74.8 Å². The molecule has 2 heterocycles. The highest BCUT2D eigenvalue weighted by Gasteiger charge is 2.45. The molecule has 0 N–H and O–H groups in total. The normalized spacial score (nSPS) is 34.7. The van der Waals surface area contributed by atoms with Crippen LogP contribution >= 0.6 is 0 Å². The van der Waals surface area contributed by atoms with Crippen LogP contribution in [0, 0.1) is 0 Å². The van der Waals surface area contributed by atoms with E-state index < -0.39 is 0 Å². The number of allylic oxidation sites excluding steroid dienone is 1. The maximum absolute atomic E-state index is 4.01. The van der Waals surface area contributed by atoms with E-state index in [0.29, 0.717) is 0 Å². The molecule has 2 saturated heterocycles. The van der Waals surface area contributed by atoms with Crippen molar-refractivity contribution in [2.45, 2.75) is 32.4 Å². The molecule has 2 heteroatoms. The van der Waals surface area contributed by atoms with Gasteiger partial charge in [-0.2, -0.15) is 0 Å². The summed E-state index contributed by atoms with van der Waals surface area (Å²) in [5, 5.41) is 0. The van der Waals surface area contributed by atoms with Crippen LogP contribution in [-0.4, -0.2) is 41.5 Å². The summed E-state index contributed by atoms with van der Waals surface area (Å²) in [4.78, 5) is 5.03. The first kappa shape index (κ1) is 8.11. The molecule has 0 amide bonds. The first-order chi connectivity index (χ1) is 5.74. The molecule has 0 bridgehead atoms. The van der Waals surface area contributed by atoms with Gasteiger partial charge in [-0.1, -0.05) is 13.5 Å². The van der Waals surface area contributed by atoms with Gasteiger partial charge in [-0.25, -0.2) is 0 Å². The van der Waals surface area contributed by atoms with Gasteiger partial charge in [-0.05, 0) is 19.9 Å². The van der Waals surface area contributed by atoms with E-state index in [9.17, 15) is 0 Å². The summed E-state index contributed by atoms with van der Waals surface area (Å²) in [5.41, 5.74) is 1.25. The fourth-order valence-corrected chi connectivity index (χ4v) is 2.56. The zero-order valence-corrected chi connectivity index (χ0v) is 8.08. The van der Waals surface area contributed by atoms with Crippen LogP contribution in [0.1, 0.15) is 20.3 Å². The van der Waals surface area contributed by atoms with Crippen LogP contribution in [0.15, 0.2) is 12.3 Å². The molecule has 0 aromatic carbocycles. The van der Waals surface area contributed by atoms with Gasteiger partial charge in [0, 0.05) is 24.8 Å². The minimum absolute atomic E-state index is 0.794. The third kappa shape index (κ3) is 0.977. The number of fused-ring (bicyclic) bond motifs is 1. The molecule has 2 nitrogen and oxygen atoms in total. The fraction of sp³-hybridized carbons (Fsp3) is 0.800. The lowest BCUT2D eigenvalue weighted by Crippen LogP contribution is -2.60. The predicted octanol–water partition coefficient (Wildman–Crippen LogP) is 1.30. The number of likely N-dealkylation sites (tertiary alicyclic amines) is 2. The SMILES string of the molecule is C=C(C)N1CCC2C1CN2CC. The standard InChI is InChI=1S/C10H18N2/c1-4-11-7-10-9(11)5-6-12(10)8(2)3/h9-10H,2,4-7H2,1,3H3. The van der Waals surface area contributed by atoms with Crippen molar-refractivity contribution in [2.24, 2.45) is 0 Å². The van der Waals surface area contributed by atoms with Crippen LogP contribution < -0.4 is 0 Å². The van der Waals surface area contributed by atoms with Gasteiger partial charge >= 0.3 is 0 Å². The summed E-state index contributed by atoms with van der Waals surface area (Å²) in [6.07, 6.45) is 1.34.